The summed E-state index contributed by atoms with van der Waals surface area (Å²) >= 11 is 0. The Morgan fingerprint density at radius 1 is 1.35 bits per heavy atom. The van der Waals surface area contributed by atoms with Crippen molar-refractivity contribution in [2.75, 3.05) is 26.0 Å². The molecule has 1 aliphatic heterocycles. The van der Waals surface area contributed by atoms with Crippen LogP contribution in [0.25, 0.3) is 0 Å². The van der Waals surface area contributed by atoms with Crippen LogP contribution in [0.4, 0.5) is 4.39 Å². The Kier molecular flexibility index (Phi) is 4.10. The topological polar surface area (TPSA) is 72.5 Å². The minimum absolute atomic E-state index is 0.0291. The lowest BCUT2D eigenvalue weighted by Crippen LogP contribution is -2.42. The largest absolute Gasteiger partial charge is 0.374 e. The Balaban J connectivity index is 2.05. The first-order valence-corrected chi connectivity index (χ1v) is 7.94. The molecule has 0 aromatic heterocycles. The van der Waals surface area contributed by atoms with Crippen LogP contribution in [-0.4, -0.2) is 40.3 Å². The quantitative estimate of drug-likeness (QED) is 0.861. The molecule has 1 aromatic carbocycles. The van der Waals surface area contributed by atoms with E-state index < -0.39 is 27.2 Å². The molecule has 0 saturated carbocycles. The Labute approximate surface area is 117 Å². The maximum Gasteiger partial charge on any atom is 0.234 e. The molecule has 1 amide bonds. The summed E-state index contributed by atoms with van der Waals surface area (Å²) in [6.45, 7) is 0.0582. The minimum atomic E-state index is -3.52. The first kappa shape index (κ1) is 14.9. The van der Waals surface area contributed by atoms with E-state index >= 15 is 0 Å². The van der Waals surface area contributed by atoms with Gasteiger partial charge in [0, 0.05) is 7.05 Å². The summed E-state index contributed by atoms with van der Waals surface area (Å²) in [4.78, 5) is 11.1. The Bertz CT molecular complexity index is 593. The van der Waals surface area contributed by atoms with Gasteiger partial charge in [0.1, 0.15) is 5.75 Å². The van der Waals surface area contributed by atoms with E-state index in [0.29, 0.717) is 11.1 Å². The number of rotatable bonds is 5. The average Bonchev–Trinajstić information content (AvgIpc) is 2.35. The molecule has 0 atom stereocenters. The number of sulfone groups is 1. The van der Waals surface area contributed by atoms with Gasteiger partial charge in [-0.15, -0.1) is 0 Å². The van der Waals surface area contributed by atoms with Crippen molar-refractivity contribution >= 4 is 15.7 Å². The number of hydrogen-bond donors (Lipinski definition) is 1. The van der Waals surface area contributed by atoms with Gasteiger partial charge in [-0.05, 0) is 11.1 Å². The highest BCUT2D eigenvalue weighted by Gasteiger charge is 2.40. The summed E-state index contributed by atoms with van der Waals surface area (Å²) in [6, 6.07) is 6.26. The number of amides is 1. The molecular formula is C13H16FNO4S. The molecule has 1 saturated heterocycles. The first-order valence-electron chi connectivity index (χ1n) is 6.12. The number of ether oxygens (including phenoxy) is 1. The van der Waals surface area contributed by atoms with Crippen molar-refractivity contribution in [1.29, 1.82) is 0 Å². The zero-order valence-electron chi connectivity index (χ0n) is 11.1. The van der Waals surface area contributed by atoms with Crippen molar-refractivity contribution in [2.24, 2.45) is 0 Å². The monoisotopic (exact) mass is 301 g/mol. The molecule has 5 nitrogen and oxygen atoms in total. The molecule has 1 aliphatic rings. The highest BCUT2D eigenvalue weighted by Crippen LogP contribution is 2.33. The SMILES string of the molecule is CNC(=O)CS(=O)(=O)Cc1ccc(C2(F)COC2)cc1. The normalized spacial score (nSPS) is 17.3. The van der Waals surface area contributed by atoms with E-state index in [1.807, 2.05) is 0 Å². The fraction of sp³-hybridized carbons (Fsp3) is 0.462. The van der Waals surface area contributed by atoms with E-state index in [9.17, 15) is 17.6 Å². The number of nitrogens with one attached hydrogen (secondary N) is 1. The number of hydrogen-bond acceptors (Lipinski definition) is 4. The van der Waals surface area contributed by atoms with Crippen LogP contribution in [0.15, 0.2) is 24.3 Å². The fourth-order valence-electron chi connectivity index (χ4n) is 1.92. The lowest BCUT2D eigenvalue weighted by Gasteiger charge is -2.34. The van der Waals surface area contributed by atoms with Gasteiger partial charge < -0.3 is 10.1 Å². The molecule has 0 radical (unpaired) electrons. The third-order valence-corrected chi connectivity index (χ3v) is 4.62. The van der Waals surface area contributed by atoms with Crippen LogP contribution in [0.1, 0.15) is 11.1 Å². The minimum Gasteiger partial charge on any atom is -0.374 e. The third kappa shape index (κ3) is 3.34. The molecule has 20 heavy (non-hydrogen) atoms. The molecule has 1 aromatic rings. The Hall–Kier alpha value is -1.47. The van der Waals surface area contributed by atoms with Crippen molar-refractivity contribution in [2.45, 2.75) is 11.4 Å². The average molecular weight is 301 g/mol. The molecule has 2 rings (SSSR count). The lowest BCUT2D eigenvalue weighted by molar-refractivity contribution is -0.135. The van der Waals surface area contributed by atoms with Crippen molar-refractivity contribution < 1.29 is 22.3 Å². The molecule has 0 unspecified atom stereocenters. The lowest BCUT2D eigenvalue weighted by atomic mass is 9.93. The van der Waals surface area contributed by atoms with Gasteiger partial charge in [-0.2, -0.15) is 0 Å². The molecule has 0 aliphatic carbocycles. The number of carbonyl (C=O) groups is 1. The van der Waals surface area contributed by atoms with Crippen LogP contribution in [0.2, 0.25) is 0 Å². The van der Waals surface area contributed by atoms with Gasteiger partial charge >= 0.3 is 0 Å². The van der Waals surface area contributed by atoms with Gasteiger partial charge in [-0.3, -0.25) is 4.79 Å². The van der Waals surface area contributed by atoms with Gasteiger partial charge in [-0.25, -0.2) is 12.8 Å². The molecule has 1 heterocycles. The Morgan fingerprint density at radius 2 is 1.95 bits per heavy atom. The molecular weight excluding hydrogens is 285 g/mol. The van der Waals surface area contributed by atoms with Crippen LogP contribution in [0.3, 0.4) is 0 Å². The number of alkyl halides is 1. The third-order valence-electron chi connectivity index (χ3n) is 3.15. The van der Waals surface area contributed by atoms with Gasteiger partial charge in [-0.1, -0.05) is 24.3 Å². The summed E-state index contributed by atoms with van der Waals surface area (Å²) in [6.07, 6.45) is 0. The highest BCUT2D eigenvalue weighted by atomic mass is 32.2. The van der Waals surface area contributed by atoms with E-state index in [4.69, 9.17) is 4.74 Å². The second-order valence-electron chi connectivity index (χ2n) is 4.86. The zero-order valence-corrected chi connectivity index (χ0v) is 11.9. The standard InChI is InChI=1S/C13H16FNO4S/c1-15-12(16)7-20(17,18)6-10-2-4-11(5-3-10)13(14)8-19-9-13/h2-5H,6-9H2,1H3,(H,15,16). The summed E-state index contributed by atoms with van der Waals surface area (Å²) < 4.78 is 42.4. The maximum atomic E-state index is 14.0. The van der Waals surface area contributed by atoms with Crippen LogP contribution in [0.5, 0.6) is 0 Å². The molecule has 1 fully saturated rings. The van der Waals surface area contributed by atoms with Crippen molar-refractivity contribution in [3.63, 3.8) is 0 Å². The molecule has 110 valence electrons. The van der Waals surface area contributed by atoms with E-state index in [-0.39, 0.29) is 19.0 Å². The van der Waals surface area contributed by atoms with Gasteiger partial charge in [0.05, 0.1) is 19.0 Å². The molecule has 7 heteroatoms. The van der Waals surface area contributed by atoms with E-state index in [1.54, 1.807) is 24.3 Å². The summed E-state index contributed by atoms with van der Waals surface area (Å²) in [5.74, 6) is -1.33. The summed E-state index contributed by atoms with van der Waals surface area (Å²) in [5, 5.41) is 2.27. The smallest absolute Gasteiger partial charge is 0.234 e. The first-order chi connectivity index (χ1) is 9.35. The number of benzene rings is 1. The highest BCUT2D eigenvalue weighted by molar-refractivity contribution is 7.91. The summed E-state index contributed by atoms with van der Waals surface area (Å²) in [7, 11) is -2.13. The van der Waals surface area contributed by atoms with E-state index in [1.165, 1.54) is 7.05 Å². The van der Waals surface area contributed by atoms with Gasteiger partial charge in [0.25, 0.3) is 0 Å². The van der Waals surface area contributed by atoms with Crippen LogP contribution in [-0.2, 0) is 30.8 Å². The van der Waals surface area contributed by atoms with E-state index in [2.05, 4.69) is 5.32 Å². The predicted octanol–water partition coefficient (Wildman–Crippen LogP) is 0.542. The second kappa shape index (κ2) is 5.49. The van der Waals surface area contributed by atoms with Crippen molar-refractivity contribution in [3.8, 4) is 0 Å². The Morgan fingerprint density at radius 3 is 2.40 bits per heavy atom. The fourth-order valence-corrected chi connectivity index (χ4v) is 3.27. The van der Waals surface area contributed by atoms with Crippen molar-refractivity contribution in [3.05, 3.63) is 35.4 Å². The molecule has 0 bridgehead atoms. The predicted molar refractivity (Wildman–Crippen MR) is 71.6 cm³/mol. The van der Waals surface area contributed by atoms with Crippen LogP contribution in [0, 0.1) is 0 Å². The maximum absolute atomic E-state index is 14.0. The summed E-state index contributed by atoms with van der Waals surface area (Å²) in [5.41, 5.74) is -0.447. The van der Waals surface area contributed by atoms with Crippen molar-refractivity contribution in [1.82, 2.24) is 5.32 Å². The zero-order chi connectivity index (χ0) is 14.8. The molecule has 0 spiro atoms. The second-order valence-corrected chi connectivity index (χ2v) is 6.92. The van der Waals surface area contributed by atoms with Gasteiger partial charge in [0.15, 0.2) is 15.5 Å². The van der Waals surface area contributed by atoms with Crippen LogP contribution >= 0.6 is 0 Å². The molecule has 1 N–H and O–H groups in total. The number of carbonyl (C=O) groups excluding carboxylic acids is 1. The van der Waals surface area contributed by atoms with Crippen LogP contribution < -0.4 is 5.32 Å². The van der Waals surface area contributed by atoms with Gasteiger partial charge in [0.2, 0.25) is 5.91 Å². The number of halogens is 1. The van der Waals surface area contributed by atoms with E-state index in [0.717, 1.165) is 0 Å².